The van der Waals surface area contributed by atoms with Crippen LogP contribution in [0, 0.1) is 0 Å². The third-order valence-electron chi connectivity index (χ3n) is 7.26. The Morgan fingerprint density at radius 1 is 0.358 bits per heavy atom. The number of rotatable bonds is 9. The Morgan fingerprint density at radius 2 is 0.623 bits per heavy atom. The Balaban J connectivity index is 0.000000307. The number of sulfonamides is 2. The summed E-state index contributed by atoms with van der Waals surface area (Å²) in [6.45, 7) is 0. The van der Waals surface area contributed by atoms with Gasteiger partial charge in [0, 0.05) is 19.6 Å². The van der Waals surface area contributed by atoms with E-state index < -0.39 is 35.2 Å². The van der Waals surface area contributed by atoms with Gasteiger partial charge < -0.3 is 0 Å². The fraction of sp³-hybridized carbons (Fsp3) is 0.0526. The number of alkyl halides is 6. The van der Waals surface area contributed by atoms with Crippen LogP contribution in [0.3, 0.4) is 0 Å². The van der Waals surface area contributed by atoms with Crippen LogP contribution in [0.2, 0.25) is 0 Å². The van der Waals surface area contributed by atoms with Crippen LogP contribution >= 0.6 is 23.5 Å². The van der Waals surface area contributed by atoms with Gasteiger partial charge in [-0.15, -0.1) is 0 Å². The lowest BCUT2D eigenvalue weighted by Gasteiger charge is -2.11. The fourth-order valence-corrected chi connectivity index (χ4v) is 8.28. The summed E-state index contributed by atoms with van der Waals surface area (Å²) >= 11 is 3.59. The summed E-state index contributed by atoms with van der Waals surface area (Å²) in [4.78, 5) is 4.97. The Labute approximate surface area is 311 Å². The molecule has 53 heavy (non-hydrogen) atoms. The molecule has 0 aliphatic carbocycles. The van der Waals surface area contributed by atoms with Gasteiger partial charge in [0.2, 0.25) is 0 Å². The van der Waals surface area contributed by atoms with E-state index in [9.17, 15) is 43.2 Å². The first-order valence-electron chi connectivity index (χ1n) is 15.3. The van der Waals surface area contributed by atoms with Gasteiger partial charge in [-0.25, -0.2) is 16.8 Å². The first kappa shape index (κ1) is 39.7. The Bertz CT molecular complexity index is 2300. The van der Waals surface area contributed by atoms with Gasteiger partial charge >= 0.3 is 31.1 Å². The fourth-order valence-electron chi connectivity index (χ4n) is 4.74. The molecular weight excluding hydrogens is 777 g/mol. The summed E-state index contributed by atoms with van der Waals surface area (Å²) in [6, 6.07) is 56.3. The number of hydrogen-bond donors (Lipinski definition) is 1. The summed E-state index contributed by atoms with van der Waals surface area (Å²) in [7, 11) is -13.2. The standard InChI is InChI=1S/C36H26S2.C2HF6NO4S2/c1-3-9-27(10-4-1)28-15-19-31(20-16-28)37-33-23-25-34(26-24-33)38-32-21-17-30(18-22-32)36-14-8-7-13-35(36)29-11-5-2-6-12-29;3-1(4,5)14(10,11)9-15(12,13)2(6,7)8/h1-26H;9H. The molecule has 0 spiro atoms. The van der Waals surface area contributed by atoms with Crippen LogP contribution in [0.15, 0.2) is 177 Å². The summed E-state index contributed by atoms with van der Waals surface area (Å²) in [5.74, 6) is 0. The maximum atomic E-state index is 11.5. The van der Waals surface area contributed by atoms with Gasteiger partial charge in [0.25, 0.3) is 0 Å². The smallest absolute Gasteiger partial charge is 0.202 e. The SMILES string of the molecule is O=S(=O)(NS(=O)(=O)C(F)(F)F)C(F)(F)F.c1ccc(-c2ccc(Sc3ccc(Sc4ccc(-c5ccccc5-c5ccccc5)cc4)cc3)cc2)cc1. The van der Waals surface area contributed by atoms with E-state index in [0.29, 0.717) is 0 Å². The van der Waals surface area contributed by atoms with Crippen LogP contribution in [-0.2, 0) is 20.0 Å². The summed E-state index contributed by atoms with van der Waals surface area (Å²) in [6.07, 6.45) is 0. The van der Waals surface area contributed by atoms with Crippen molar-refractivity contribution in [3.05, 3.63) is 158 Å². The molecule has 6 rings (SSSR count). The van der Waals surface area contributed by atoms with Crippen LogP contribution in [-0.4, -0.2) is 27.9 Å². The number of benzene rings is 6. The van der Waals surface area contributed by atoms with Crippen LogP contribution in [0.5, 0.6) is 0 Å². The minimum absolute atomic E-state index is 0.493. The molecule has 0 unspecified atom stereocenters. The molecule has 274 valence electrons. The highest BCUT2D eigenvalue weighted by Gasteiger charge is 2.55. The maximum absolute atomic E-state index is 11.5. The first-order chi connectivity index (χ1) is 25.0. The summed E-state index contributed by atoms with van der Waals surface area (Å²) < 4.78 is 108. The van der Waals surface area contributed by atoms with Gasteiger partial charge in [-0.2, -0.15) is 26.3 Å². The van der Waals surface area contributed by atoms with E-state index in [4.69, 9.17) is 0 Å². The molecule has 1 N–H and O–H groups in total. The van der Waals surface area contributed by atoms with Crippen molar-refractivity contribution in [2.45, 2.75) is 30.6 Å². The van der Waals surface area contributed by atoms with Crippen molar-refractivity contribution in [3.63, 3.8) is 0 Å². The second kappa shape index (κ2) is 16.6. The zero-order valence-electron chi connectivity index (χ0n) is 27.0. The van der Waals surface area contributed by atoms with Crippen LogP contribution < -0.4 is 4.13 Å². The van der Waals surface area contributed by atoms with Crippen molar-refractivity contribution in [1.29, 1.82) is 0 Å². The molecule has 5 nitrogen and oxygen atoms in total. The molecule has 6 aromatic carbocycles. The lowest BCUT2D eigenvalue weighted by Crippen LogP contribution is -2.45. The highest BCUT2D eigenvalue weighted by atomic mass is 32.3. The molecule has 0 aliphatic rings. The highest BCUT2D eigenvalue weighted by Crippen LogP contribution is 2.36. The second-order valence-electron chi connectivity index (χ2n) is 11.0. The molecule has 0 saturated heterocycles. The topological polar surface area (TPSA) is 80.3 Å². The largest absolute Gasteiger partial charge is 0.512 e. The zero-order chi connectivity index (χ0) is 38.3. The van der Waals surface area contributed by atoms with Crippen molar-refractivity contribution in [2.24, 2.45) is 0 Å². The van der Waals surface area contributed by atoms with E-state index in [0.717, 1.165) is 0 Å². The molecule has 0 fully saturated rings. The molecule has 0 aromatic heterocycles. The number of halogens is 6. The maximum Gasteiger partial charge on any atom is 0.512 e. The number of nitrogens with one attached hydrogen (secondary N) is 1. The van der Waals surface area contributed by atoms with Gasteiger partial charge in [0.1, 0.15) is 0 Å². The molecule has 6 aromatic rings. The lowest BCUT2D eigenvalue weighted by molar-refractivity contribution is -0.0476. The lowest BCUT2D eigenvalue weighted by atomic mass is 9.95. The van der Waals surface area contributed by atoms with Crippen LogP contribution in [0.4, 0.5) is 26.3 Å². The molecule has 0 saturated carbocycles. The van der Waals surface area contributed by atoms with Crippen molar-refractivity contribution in [2.75, 3.05) is 0 Å². The van der Waals surface area contributed by atoms with Gasteiger partial charge in [0.15, 0.2) is 0 Å². The van der Waals surface area contributed by atoms with Crippen molar-refractivity contribution >= 4 is 43.6 Å². The van der Waals surface area contributed by atoms with Crippen molar-refractivity contribution < 1.29 is 43.2 Å². The monoisotopic (exact) mass is 803 g/mol. The third-order valence-corrected chi connectivity index (χ3v) is 12.3. The van der Waals surface area contributed by atoms with Crippen LogP contribution in [0.25, 0.3) is 33.4 Å². The molecule has 0 atom stereocenters. The van der Waals surface area contributed by atoms with E-state index in [1.54, 1.807) is 23.5 Å². The quantitative estimate of drug-likeness (QED) is 0.147. The molecular formula is C38H27F6NO4S4. The Kier molecular flexibility index (Phi) is 12.5. The average molecular weight is 804 g/mol. The molecule has 15 heteroatoms. The summed E-state index contributed by atoms with van der Waals surface area (Å²) in [5.41, 5.74) is -4.80. The first-order valence-corrected chi connectivity index (χ1v) is 19.9. The predicted octanol–water partition coefficient (Wildman–Crippen LogP) is 11.3. The Hall–Kier alpha value is -4.54. The van der Waals surface area contributed by atoms with E-state index in [2.05, 4.69) is 158 Å². The molecule has 0 aliphatic heterocycles. The van der Waals surface area contributed by atoms with E-state index >= 15 is 0 Å². The van der Waals surface area contributed by atoms with Crippen molar-refractivity contribution in [1.82, 2.24) is 4.13 Å². The normalized spacial score (nSPS) is 12.1. The molecule has 0 radical (unpaired) electrons. The van der Waals surface area contributed by atoms with Gasteiger partial charge in [-0.1, -0.05) is 137 Å². The van der Waals surface area contributed by atoms with Gasteiger partial charge in [-0.05, 0) is 81.9 Å². The minimum Gasteiger partial charge on any atom is -0.202 e. The van der Waals surface area contributed by atoms with Crippen molar-refractivity contribution in [3.8, 4) is 33.4 Å². The molecule has 0 amide bonds. The van der Waals surface area contributed by atoms with Crippen LogP contribution in [0.1, 0.15) is 0 Å². The zero-order valence-corrected chi connectivity index (χ0v) is 30.3. The van der Waals surface area contributed by atoms with E-state index in [1.165, 1.54) is 53.0 Å². The molecule has 0 heterocycles. The second-order valence-corrected chi connectivity index (χ2v) is 16.9. The predicted molar refractivity (Wildman–Crippen MR) is 197 cm³/mol. The van der Waals surface area contributed by atoms with E-state index in [-0.39, 0.29) is 0 Å². The number of hydrogen-bond acceptors (Lipinski definition) is 6. The average Bonchev–Trinajstić information content (AvgIpc) is 3.13. The highest BCUT2D eigenvalue weighted by molar-refractivity contribution is 8.05. The van der Waals surface area contributed by atoms with Gasteiger partial charge in [-0.3, -0.25) is 0 Å². The third kappa shape index (κ3) is 10.5. The Morgan fingerprint density at radius 3 is 0.981 bits per heavy atom. The summed E-state index contributed by atoms with van der Waals surface area (Å²) in [5, 5.41) is 0. The molecule has 0 bridgehead atoms. The minimum atomic E-state index is -6.60. The van der Waals surface area contributed by atoms with E-state index in [1.807, 2.05) is 0 Å². The van der Waals surface area contributed by atoms with Gasteiger partial charge in [0.05, 0.1) is 0 Å².